The van der Waals surface area contributed by atoms with Crippen LogP contribution in [0.15, 0.2) is 0 Å². The van der Waals surface area contributed by atoms with E-state index in [-0.39, 0.29) is 46.3 Å². The number of carbonyl (C=O) groups excluding carboxylic acids is 8. The molecule has 34 heteroatoms. The molecule has 0 bridgehead atoms. The highest BCUT2D eigenvalue weighted by atomic mass is 16.6. The minimum atomic E-state index is 0.126. The van der Waals surface area contributed by atoms with Crippen LogP contribution in [-0.2, 0) is 162 Å². The Kier molecular flexibility index (Phi) is 104. The van der Waals surface area contributed by atoms with E-state index >= 15 is 0 Å². The van der Waals surface area contributed by atoms with Crippen molar-refractivity contribution < 1.29 is 162 Å². The highest BCUT2D eigenvalue weighted by molar-refractivity contribution is 5.77. The summed E-state index contributed by atoms with van der Waals surface area (Å²) in [5.41, 5.74) is 0. The van der Waals surface area contributed by atoms with E-state index in [4.69, 9.17) is 123 Å². The van der Waals surface area contributed by atoms with Crippen LogP contribution in [0.25, 0.3) is 0 Å². The Morgan fingerprint density at radius 1 is 0.100 bits per heavy atom. The maximum Gasteiger partial charge on any atom is 0.132 e. The first-order chi connectivity index (χ1) is 53.5. The quantitative estimate of drug-likeness (QED) is 0.0769. The minimum Gasteiger partial charge on any atom is -0.379 e. The van der Waals surface area contributed by atoms with Crippen LogP contribution in [-0.4, -0.2) is 390 Å². The van der Waals surface area contributed by atoms with Gasteiger partial charge in [0.25, 0.3) is 0 Å². The van der Waals surface area contributed by atoms with Crippen molar-refractivity contribution in [1.82, 2.24) is 0 Å². The van der Waals surface area contributed by atoms with Gasteiger partial charge in [-0.25, -0.2) is 0 Å². The Bertz CT molecular complexity index is 1770. The van der Waals surface area contributed by atoms with Gasteiger partial charge in [-0.1, -0.05) is 0 Å². The molecule has 0 spiro atoms. The fraction of sp³-hybridized carbons (Fsp3) is 0.895. The van der Waals surface area contributed by atoms with Crippen LogP contribution in [0.5, 0.6) is 0 Å². The summed E-state index contributed by atoms with van der Waals surface area (Å²) in [7, 11) is 0. The van der Waals surface area contributed by atoms with Crippen molar-refractivity contribution in [2.45, 2.75) is 107 Å². The number of hydrogen-bond donors (Lipinski definition) is 0. The van der Waals surface area contributed by atoms with Gasteiger partial charge in [-0.2, -0.15) is 0 Å². The average molecular weight is 1600 g/mol. The van der Waals surface area contributed by atoms with E-state index in [0.29, 0.717) is 395 Å². The third kappa shape index (κ3) is 125. The first kappa shape index (κ1) is 113. The molecular weight excluding hydrogens is 1460 g/mol. The molecule has 0 aliphatic heterocycles. The van der Waals surface area contributed by atoms with Gasteiger partial charge in [0.15, 0.2) is 0 Å². The molecule has 0 aliphatic rings. The predicted molar refractivity (Wildman–Crippen MR) is 404 cm³/mol. The number of carbonyl (C=O) groups is 8. The second-order valence-electron chi connectivity index (χ2n) is 23.5. The molecule has 0 radical (unpaired) electrons. The normalized spacial score (nSPS) is 11.1. The Hall–Kier alpha value is -3.68. The zero-order valence-corrected chi connectivity index (χ0v) is 68.3. The summed E-state index contributed by atoms with van der Waals surface area (Å²) in [6, 6.07) is 0. The van der Waals surface area contributed by atoms with Gasteiger partial charge in [0.1, 0.15) is 46.3 Å². The summed E-state index contributed by atoms with van der Waals surface area (Å²) in [6.07, 6.45) is 3.57. The lowest BCUT2D eigenvalue weighted by atomic mass is 10.3. The fourth-order valence-electron chi connectivity index (χ4n) is 6.97. The van der Waals surface area contributed by atoms with Crippen molar-refractivity contribution in [2.75, 3.05) is 344 Å². The molecule has 110 heavy (non-hydrogen) atoms. The molecule has 0 saturated carbocycles. The molecule has 0 aromatic heterocycles. The molecule has 0 aromatic carbocycles. The van der Waals surface area contributed by atoms with Crippen molar-refractivity contribution in [3.63, 3.8) is 0 Å². The van der Waals surface area contributed by atoms with E-state index in [1.54, 1.807) is 55.4 Å². The monoisotopic (exact) mass is 1600 g/mol. The van der Waals surface area contributed by atoms with E-state index in [0.717, 1.165) is 0 Å². The van der Waals surface area contributed by atoms with E-state index < -0.39 is 0 Å². The summed E-state index contributed by atoms with van der Waals surface area (Å²) < 4.78 is 138. The number of rotatable bonds is 90. The van der Waals surface area contributed by atoms with Crippen LogP contribution in [0.4, 0.5) is 0 Å². The second-order valence-corrected chi connectivity index (χ2v) is 23.5. The van der Waals surface area contributed by atoms with Gasteiger partial charge in [-0.05, 0) is 55.4 Å². The fourth-order valence-corrected chi connectivity index (χ4v) is 6.97. The lowest BCUT2D eigenvalue weighted by Crippen LogP contribution is -2.15. The lowest BCUT2D eigenvalue weighted by Gasteiger charge is -2.08. The first-order valence-electron chi connectivity index (χ1n) is 38.5. The maximum atomic E-state index is 10.7. The van der Waals surface area contributed by atoms with Gasteiger partial charge >= 0.3 is 0 Å². The molecule has 652 valence electrons. The van der Waals surface area contributed by atoms with Crippen LogP contribution in [0.1, 0.15) is 107 Å². The Labute approximate surface area is 655 Å². The molecule has 0 saturated heterocycles. The third-order valence-corrected chi connectivity index (χ3v) is 13.0. The van der Waals surface area contributed by atoms with E-state index in [2.05, 4.69) is 0 Å². The number of hydrogen-bond acceptors (Lipinski definition) is 34. The van der Waals surface area contributed by atoms with Crippen molar-refractivity contribution >= 4 is 46.3 Å². The molecular formula is C76H144O34. The van der Waals surface area contributed by atoms with Gasteiger partial charge < -0.3 is 123 Å². The summed E-state index contributed by atoms with van der Waals surface area (Å²) >= 11 is 0. The van der Waals surface area contributed by atoms with Gasteiger partial charge in [-0.15, -0.1) is 0 Å². The Morgan fingerprint density at radius 3 is 0.191 bits per heavy atom. The largest absolute Gasteiger partial charge is 0.379 e. The molecule has 0 unspecified atom stereocenters. The Morgan fingerprint density at radius 2 is 0.145 bits per heavy atom. The highest BCUT2D eigenvalue weighted by Crippen LogP contribution is 1.95. The average Bonchev–Trinajstić information content (AvgIpc) is 3.56. The summed E-state index contributed by atoms with van der Waals surface area (Å²) in [4.78, 5) is 85.5. The van der Waals surface area contributed by atoms with Crippen molar-refractivity contribution in [3.05, 3.63) is 0 Å². The predicted octanol–water partition coefficient (Wildman–Crippen LogP) is 4.21. The summed E-state index contributed by atoms with van der Waals surface area (Å²) in [6.45, 7) is 37.8. The van der Waals surface area contributed by atoms with Gasteiger partial charge in [0, 0.05) is 51.4 Å². The lowest BCUT2D eigenvalue weighted by molar-refractivity contribution is -0.119. The van der Waals surface area contributed by atoms with Gasteiger partial charge in [-0.3, -0.25) is 38.4 Å². The molecule has 0 atom stereocenters. The standard InChI is InChI=1S/C24H46O11.C20H38O9.2C16H30O7/c1-23(25)3-5-27-7-9-29-11-13-31-15-17-33-19-21-35-22-20-34-18-16-32-14-12-30-10-8-28-6-4-24(2)26;1-19(21)3-5-23-7-9-25-11-13-27-15-17-29-18-16-28-14-12-26-10-8-24-6-4-20(2)22;2*1-15(17)3-5-19-7-9-21-11-13-23-14-12-22-10-8-20-6-4-16(2)18/h3-22H2,1-2H3;3-18H2,1-2H3;2*3-14H2,1-2H3. The Balaban J connectivity index is -0.000000692. The first-order valence-corrected chi connectivity index (χ1v) is 38.5. The number of Topliss-reactive ketones (excluding diaryl/α,β-unsaturated/α-hetero) is 8. The molecule has 0 aromatic rings. The summed E-state index contributed by atoms with van der Waals surface area (Å²) in [5, 5.41) is 0. The van der Waals surface area contributed by atoms with Crippen molar-refractivity contribution in [1.29, 1.82) is 0 Å². The molecule has 0 aliphatic carbocycles. The van der Waals surface area contributed by atoms with Crippen LogP contribution in [0.2, 0.25) is 0 Å². The molecule has 0 N–H and O–H groups in total. The zero-order valence-electron chi connectivity index (χ0n) is 68.3. The van der Waals surface area contributed by atoms with Crippen LogP contribution in [0.3, 0.4) is 0 Å². The van der Waals surface area contributed by atoms with Crippen LogP contribution >= 0.6 is 0 Å². The third-order valence-electron chi connectivity index (χ3n) is 13.0. The van der Waals surface area contributed by atoms with Crippen LogP contribution in [0, 0.1) is 0 Å². The molecule has 34 nitrogen and oxygen atoms in total. The number of ether oxygens (including phenoxy) is 26. The molecule has 0 fully saturated rings. The van der Waals surface area contributed by atoms with E-state index in [1.807, 2.05) is 0 Å². The zero-order chi connectivity index (χ0) is 81.4. The van der Waals surface area contributed by atoms with Gasteiger partial charge in [0.05, 0.1) is 344 Å². The van der Waals surface area contributed by atoms with E-state index in [9.17, 15) is 38.4 Å². The second kappa shape index (κ2) is 101. The van der Waals surface area contributed by atoms with E-state index in [1.165, 1.54) is 0 Å². The van der Waals surface area contributed by atoms with Crippen LogP contribution < -0.4 is 0 Å². The highest BCUT2D eigenvalue weighted by Gasteiger charge is 2.04. The van der Waals surface area contributed by atoms with Crippen molar-refractivity contribution in [3.8, 4) is 0 Å². The van der Waals surface area contributed by atoms with Gasteiger partial charge in [0.2, 0.25) is 0 Å². The molecule has 0 amide bonds. The number of ketones is 8. The minimum absolute atomic E-state index is 0.126. The topological polar surface area (TPSA) is 377 Å². The SMILES string of the molecule is CC(=O)CCOCCOCCOCCOCCOCCC(C)=O.CC(=O)CCOCCOCCOCCOCCOCCC(C)=O.CC(=O)CCOCCOCCOCCOCCOCCOCCOCCC(C)=O.CC(=O)CCOCCOCCOCCOCCOCCOCCOCCOCCOCCC(C)=O. The molecule has 0 heterocycles. The molecule has 0 rings (SSSR count). The summed E-state index contributed by atoms with van der Waals surface area (Å²) in [5.74, 6) is 1.02. The van der Waals surface area contributed by atoms with Crippen molar-refractivity contribution in [2.24, 2.45) is 0 Å². The maximum absolute atomic E-state index is 10.7. The smallest absolute Gasteiger partial charge is 0.132 e.